The molecule has 1 aliphatic carbocycles. The van der Waals surface area contributed by atoms with Gasteiger partial charge < -0.3 is 0 Å². The van der Waals surface area contributed by atoms with Crippen molar-refractivity contribution < 1.29 is 0 Å². The Labute approximate surface area is 517 Å². The number of benzene rings is 10. The van der Waals surface area contributed by atoms with Gasteiger partial charge in [0.05, 0.1) is 5.41 Å². The monoisotopic (exact) mass is 1120 g/mol. The second kappa shape index (κ2) is 38.5. The van der Waals surface area contributed by atoms with Gasteiger partial charge in [0.15, 0.2) is 0 Å². The number of hydrogen-bond acceptors (Lipinski definition) is 0. The van der Waals surface area contributed by atoms with Crippen molar-refractivity contribution >= 4 is 10.8 Å². The Morgan fingerprint density at radius 2 is 0.953 bits per heavy atom. The van der Waals surface area contributed by atoms with Crippen LogP contribution in [0.2, 0.25) is 0 Å². The lowest BCUT2D eigenvalue weighted by molar-refractivity contribution is 0.767. The van der Waals surface area contributed by atoms with Crippen molar-refractivity contribution in [1.82, 2.24) is 0 Å². The van der Waals surface area contributed by atoms with E-state index in [0.717, 1.165) is 19.3 Å². The zero-order valence-electron chi connectivity index (χ0n) is 53.6. The predicted octanol–water partition coefficient (Wildman–Crippen LogP) is 25.2. The highest BCUT2D eigenvalue weighted by atomic mass is 14.5. The fourth-order valence-corrected chi connectivity index (χ4v) is 10.4. The van der Waals surface area contributed by atoms with Gasteiger partial charge in [0.1, 0.15) is 0 Å². The van der Waals surface area contributed by atoms with Gasteiger partial charge in [-0.3, -0.25) is 0 Å². The average Bonchev–Trinajstić information content (AvgIpc) is 1.61. The summed E-state index contributed by atoms with van der Waals surface area (Å²) in [5, 5.41) is 2.68. The predicted molar refractivity (Wildman–Crippen MR) is 382 cm³/mol. The summed E-state index contributed by atoms with van der Waals surface area (Å²) in [7, 11) is 0. The number of aryl methyl sites for hydroxylation is 6. The highest BCUT2D eigenvalue weighted by Gasteiger charge is 2.46. The van der Waals surface area contributed by atoms with Crippen molar-refractivity contribution in [3.63, 3.8) is 0 Å². The first-order valence-corrected chi connectivity index (χ1v) is 30.8. The second-order valence-corrected chi connectivity index (χ2v) is 21.2. The number of hydrogen-bond donors (Lipinski definition) is 0. The molecule has 0 amide bonds. The first-order chi connectivity index (χ1) is 40.8. The molecule has 0 saturated heterocycles. The molecule has 0 unspecified atom stereocenters. The second-order valence-electron chi connectivity index (χ2n) is 21.2. The van der Waals surface area contributed by atoms with Crippen molar-refractivity contribution in [2.24, 2.45) is 0 Å². The van der Waals surface area contributed by atoms with Crippen LogP contribution in [0.1, 0.15) is 155 Å². The van der Waals surface area contributed by atoms with Gasteiger partial charge in [0.2, 0.25) is 0 Å². The molecule has 0 atom stereocenters. The van der Waals surface area contributed by atoms with Crippen molar-refractivity contribution in [1.29, 1.82) is 0 Å². The van der Waals surface area contributed by atoms with Gasteiger partial charge in [-0.2, -0.15) is 0 Å². The first-order valence-electron chi connectivity index (χ1n) is 30.8. The molecule has 85 heavy (non-hydrogen) atoms. The molecule has 0 heteroatoms. The Balaban J connectivity index is 0.000000293. The molecule has 0 heterocycles. The minimum Gasteiger partial charge on any atom is -0.103 e. The molecule has 0 nitrogen and oxygen atoms in total. The van der Waals surface area contributed by atoms with Gasteiger partial charge in [0, 0.05) is 0 Å². The van der Waals surface area contributed by atoms with Crippen LogP contribution in [0.5, 0.6) is 0 Å². The van der Waals surface area contributed by atoms with Gasteiger partial charge in [-0.1, -0.05) is 359 Å². The molecule has 0 fully saturated rings. The van der Waals surface area contributed by atoms with Crippen LogP contribution in [0.4, 0.5) is 0 Å². The molecule has 0 bridgehead atoms. The van der Waals surface area contributed by atoms with E-state index in [4.69, 9.17) is 0 Å². The molecule has 1 aliphatic rings. The lowest BCUT2D eigenvalue weighted by atomic mass is 9.67. The minimum absolute atomic E-state index is 0. The molecule has 10 aromatic rings. The Morgan fingerprint density at radius 3 is 1.41 bits per heavy atom. The van der Waals surface area contributed by atoms with E-state index in [-0.39, 0.29) is 12.8 Å². The van der Waals surface area contributed by atoms with Gasteiger partial charge >= 0.3 is 0 Å². The summed E-state index contributed by atoms with van der Waals surface area (Å²) >= 11 is 0. The van der Waals surface area contributed by atoms with E-state index in [2.05, 4.69) is 294 Å². The molecule has 10 aromatic carbocycles. The summed E-state index contributed by atoms with van der Waals surface area (Å²) in [6.07, 6.45) is 10.5. The topological polar surface area (TPSA) is 0 Å². The lowest BCUT2D eigenvalue weighted by Crippen LogP contribution is -2.28. The van der Waals surface area contributed by atoms with Crippen molar-refractivity contribution in [3.8, 4) is 22.3 Å². The Kier molecular flexibility index (Phi) is 32.1. The Morgan fingerprint density at radius 1 is 0.482 bits per heavy atom. The van der Waals surface area contributed by atoms with E-state index in [0.29, 0.717) is 5.92 Å². The fraction of sp³-hybridized carbons (Fsp3) is 0.247. The summed E-state index contributed by atoms with van der Waals surface area (Å²) in [5.41, 5.74) is 22.5. The van der Waals surface area contributed by atoms with Gasteiger partial charge in [-0.25, -0.2) is 0 Å². The zero-order valence-corrected chi connectivity index (χ0v) is 53.6. The number of rotatable bonds is 10. The highest BCUT2D eigenvalue weighted by Crippen LogP contribution is 2.58. The van der Waals surface area contributed by atoms with Crippen LogP contribution < -0.4 is 0 Å². The van der Waals surface area contributed by atoms with Crippen LogP contribution in [0, 0.1) is 34.6 Å². The van der Waals surface area contributed by atoms with Crippen molar-refractivity contribution in [3.05, 3.63) is 346 Å². The van der Waals surface area contributed by atoms with E-state index in [1.165, 1.54) is 112 Å². The van der Waals surface area contributed by atoms with Crippen molar-refractivity contribution in [2.45, 2.75) is 141 Å². The smallest absolute Gasteiger partial charge is 0.0713 e. The SMILES string of the molecule is C.C=C(/C=C\C)CCC.C=CCc1ccc(CC)cc1C.CC.CC.CC(C)c1ccccc1.Cc1ccc(-c2ccccc2)cc1.Cc1ccc2c(c1)C(c1ccccc1)(c1ccccc1)c1cc(C)c3ccccc3c1-2.Cc1ccccc1. The van der Waals surface area contributed by atoms with E-state index in [1.54, 1.807) is 0 Å². The molecular formula is C85H102. The fourth-order valence-electron chi connectivity index (χ4n) is 10.4. The third kappa shape index (κ3) is 20.5. The van der Waals surface area contributed by atoms with Crippen LogP contribution in [0.3, 0.4) is 0 Å². The summed E-state index contributed by atoms with van der Waals surface area (Å²) in [6, 6.07) is 86.8. The molecule has 0 radical (unpaired) electrons. The lowest BCUT2D eigenvalue weighted by Gasteiger charge is -2.34. The van der Waals surface area contributed by atoms with Gasteiger partial charge in [-0.15, -0.1) is 6.58 Å². The maximum absolute atomic E-state index is 3.85. The molecule has 442 valence electrons. The van der Waals surface area contributed by atoms with E-state index in [1.807, 2.05) is 77.1 Å². The maximum atomic E-state index is 3.85. The summed E-state index contributed by atoms with van der Waals surface area (Å²) in [4.78, 5) is 0. The van der Waals surface area contributed by atoms with Crippen LogP contribution in [-0.2, 0) is 18.3 Å². The molecule has 0 saturated carbocycles. The number of allylic oxidation sites excluding steroid dienone is 4. The molecule has 11 rings (SSSR count). The van der Waals surface area contributed by atoms with Crippen LogP contribution >= 0.6 is 0 Å². The van der Waals surface area contributed by atoms with E-state index < -0.39 is 0 Å². The first kappa shape index (κ1) is 70.9. The standard InChI is InChI=1S/C31H24.C13H12.C12H16.C9H12.C8H14.C7H8.2C2H6.CH4/c1-21-17-18-27-28(19-21)31(23-11-5-3-6-12-23,24-13-7-4-8-14-24)29-20-22(2)25-15-9-10-16-26(25)30(27)29;1-11-7-9-13(10-8-11)12-5-3-2-4-6-12;1-4-6-12-8-7-11(5-2)9-10(12)3;1-8(2)9-6-4-3-5-7-9;1-4-6-8(3)7-5-2;1-7-5-3-2-4-6-7;2*1-2;/h3-20H,1-2H3;2-10H,1H3;4,7-9H,1,5-6H2,2-3H3;3-8H,1-2H3;4,6H,3,5,7H2,1-2H3;2-6H,1H3;2*1-2H3;1H4/b;;;;6-4-;;;;. The molecule has 0 spiro atoms. The molecule has 0 N–H and O–H groups in total. The average molecular weight is 1120 g/mol. The zero-order chi connectivity index (χ0) is 61.3. The van der Waals surface area contributed by atoms with Gasteiger partial charge in [-0.05, 0) is 150 Å². The summed E-state index contributed by atoms with van der Waals surface area (Å²) < 4.78 is 0. The summed E-state index contributed by atoms with van der Waals surface area (Å²) in [5.74, 6) is 0.659. The normalized spacial score (nSPS) is 10.8. The van der Waals surface area contributed by atoms with Gasteiger partial charge in [0.25, 0.3) is 0 Å². The maximum Gasteiger partial charge on any atom is 0.0713 e. The minimum atomic E-state index is -0.325. The highest BCUT2D eigenvalue weighted by molar-refractivity contribution is 6.05. The Bertz CT molecular complexity index is 3430. The quantitative estimate of drug-likeness (QED) is 0.0946. The molecular weight excluding hydrogens is 1020 g/mol. The Hall–Kier alpha value is -8.32. The third-order valence-corrected chi connectivity index (χ3v) is 14.6. The molecule has 0 aromatic heterocycles. The van der Waals surface area contributed by atoms with Crippen LogP contribution in [0.25, 0.3) is 33.0 Å². The summed E-state index contributed by atoms with van der Waals surface area (Å²) in [6.45, 7) is 37.2. The number of fused-ring (bicyclic) bond motifs is 5. The van der Waals surface area contributed by atoms with E-state index >= 15 is 0 Å². The van der Waals surface area contributed by atoms with E-state index in [9.17, 15) is 0 Å². The third-order valence-electron chi connectivity index (χ3n) is 14.6. The molecule has 0 aliphatic heterocycles. The largest absolute Gasteiger partial charge is 0.103 e. The van der Waals surface area contributed by atoms with Crippen LogP contribution in [0.15, 0.2) is 280 Å². The van der Waals surface area contributed by atoms with Crippen molar-refractivity contribution in [2.75, 3.05) is 0 Å². The van der Waals surface area contributed by atoms with Crippen LogP contribution in [-0.4, -0.2) is 0 Å².